The van der Waals surface area contributed by atoms with Gasteiger partial charge in [-0.1, -0.05) is 12.2 Å². The second-order valence-corrected chi connectivity index (χ2v) is 2.61. The molecule has 0 radical (unpaired) electrons. The van der Waals surface area contributed by atoms with E-state index in [1.54, 1.807) is 6.07 Å². The number of rotatable bonds is 3. The first kappa shape index (κ1) is 8.52. The molecular weight excluding hydrogens is 154 g/mol. The van der Waals surface area contributed by atoms with Gasteiger partial charge in [-0.3, -0.25) is 9.89 Å². The van der Waals surface area contributed by atoms with Crippen LogP contribution in [-0.2, 0) is 0 Å². The summed E-state index contributed by atoms with van der Waals surface area (Å²) in [5.74, 6) is -0.157. The predicted molar refractivity (Wildman–Crippen MR) is 45.7 cm³/mol. The maximum Gasteiger partial charge on any atom is 0.269 e. The molecule has 1 rings (SSSR count). The zero-order chi connectivity index (χ0) is 8.97. The molecule has 1 aromatic heterocycles. The lowest BCUT2D eigenvalue weighted by atomic mass is 10.3. The van der Waals surface area contributed by atoms with Gasteiger partial charge in [-0.2, -0.15) is 5.10 Å². The molecule has 0 saturated heterocycles. The zero-order valence-electron chi connectivity index (χ0n) is 6.92. The largest absolute Gasteiger partial charge is 0.347 e. The number of nitrogens with one attached hydrogen (secondary N) is 2. The number of carbonyl (C=O) groups excluding carboxylic acids is 1. The van der Waals surface area contributed by atoms with E-state index in [-0.39, 0.29) is 5.91 Å². The first-order valence-electron chi connectivity index (χ1n) is 3.62. The number of carbonyl (C=O) groups is 1. The molecule has 0 aliphatic rings. The molecule has 64 valence electrons. The summed E-state index contributed by atoms with van der Waals surface area (Å²) >= 11 is 0. The second-order valence-electron chi connectivity index (χ2n) is 2.61. The van der Waals surface area contributed by atoms with Gasteiger partial charge in [0, 0.05) is 12.7 Å². The minimum absolute atomic E-state index is 0.157. The third kappa shape index (κ3) is 2.23. The highest BCUT2D eigenvalue weighted by molar-refractivity contribution is 5.92. The van der Waals surface area contributed by atoms with E-state index >= 15 is 0 Å². The molecule has 0 aromatic carbocycles. The first-order valence-corrected chi connectivity index (χ1v) is 3.62. The highest BCUT2D eigenvalue weighted by atomic mass is 16.1. The molecule has 0 aliphatic heterocycles. The molecule has 1 amide bonds. The molecule has 0 saturated carbocycles. The zero-order valence-corrected chi connectivity index (χ0v) is 6.92. The predicted octanol–water partition coefficient (Wildman–Crippen LogP) is 0.716. The van der Waals surface area contributed by atoms with Gasteiger partial charge in [0.25, 0.3) is 5.91 Å². The first-order chi connectivity index (χ1) is 5.70. The number of aromatic nitrogens is 2. The SMILES string of the molecule is C=C(C)CNC(=O)c1ccn[nH]1. The molecule has 0 unspecified atom stereocenters. The molecule has 12 heavy (non-hydrogen) atoms. The van der Waals surface area contributed by atoms with Crippen molar-refractivity contribution in [2.45, 2.75) is 6.92 Å². The summed E-state index contributed by atoms with van der Waals surface area (Å²) in [6.07, 6.45) is 1.54. The van der Waals surface area contributed by atoms with Crippen LogP contribution in [0.2, 0.25) is 0 Å². The Morgan fingerprint density at radius 3 is 3.08 bits per heavy atom. The van der Waals surface area contributed by atoms with E-state index in [0.717, 1.165) is 5.57 Å². The Kier molecular flexibility index (Phi) is 2.63. The van der Waals surface area contributed by atoms with Crippen molar-refractivity contribution in [3.8, 4) is 0 Å². The Balaban J connectivity index is 2.45. The van der Waals surface area contributed by atoms with Gasteiger partial charge in [0.05, 0.1) is 0 Å². The maximum absolute atomic E-state index is 11.2. The average molecular weight is 165 g/mol. The normalized spacial score (nSPS) is 9.42. The van der Waals surface area contributed by atoms with E-state index in [4.69, 9.17) is 0 Å². The van der Waals surface area contributed by atoms with Crippen LogP contribution in [-0.4, -0.2) is 22.6 Å². The monoisotopic (exact) mass is 165 g/mol. The van der Waals surface area contributed by atoms with Crippen LogP contribution in [0.4, 0.5) is 0 Å². The van der Waals surface area contributed by atoms with Crippen molar-refractivity contribution in [3.05, 3.63) is 30.1 Å². The Hall–Kier alpha value is -1.58. The number of nitrogens with zero attached hydrogens (tertiary/aromatic N) is 1. The van der Waals surface area contributed by atoms with Gasteiger partial charge in [0.15, 0.2) is 0 Å². The Morgan fingerprint density at radius 2 is 2.58 bits per heavy atom. The maximum atomic E-state index is 11.2. The molecule has 1 aromatic rings. The van der Waals surface area contributed by atoms with Crippen molar-refractivity contribution < 1.29 is 4.79 Å². The molecule has 4 nitrogen and oxygen atoms in total. The van der Waals surface area contributed by atoms with Crippen LogP contribution < -0.4 is 5.32 Å². The van der Waals surface area contributed by atoms with Gasteiger partial charge < -0.3 is 5.32 Å². The Labute approximate surface area is 70.7 Å². The van der Waals surface area contributed by atoms with Crippen molar-refractivity contribution in [2.24, 2.45) is 0 Å². The fourth-order valence-corrected chi connectivity index (χ4v) is 0.709. The summed E-state index contributed by atoms with van der Waals surface area (Å²) in [7, 11) is 0. The lowest BCUT2D eigenvalue weighted by Gasteiger charge is -2.01. The van der Waals surface area contributed by atoms with E-state index in [1.807, 2.05) is 6.92 Å². The van der Waals surface area contributed by atoms with Crippen LogP contribution in [0.15, 0.2) is 24.4 Å². The number of hydrogen-bond acceptors (Lipinski definition) is 2. The van der Waals surface area contributed by atoms with Crippen molar-refractivity contribution in [1.82, 2.24) is 15.5 Å². The number of aromatic amines is 1. The summed E-state index contributed by atoms with van der Waals surface area (Å²) in [6, 6.07) is 1.62. The topological polar surface area (TPSA) is 57.8 Å². The van der Waals surface area contributed by atoms with E-state index in [2.05, 4.69) is 22.1 Å². The number of hydrogen-bond donors (Lipinski definition) is 2. The highest BCUT2D eigenvalue weighted by Gasteiger charge is 2.04. The minimum atomic E-state index is -0.157. The number of amides is 1. The summed E-state index contributed by atoms with van der Waals surface area (Å²) in [6.45, 7) is 6.02. The quantitative estimate of drug-likeness (QED) is 0.648. The number of H-pyrrole nitrogens is 1. The lowest BCUT2D eigenvalue weighted by Crippen LogP contribution is -2.25. The fourth-order valence-electron chi connectivity index (χ4n) is 0.709. The molecule has 1 heterocycles. The van der Waals surface area contributed by atoms with Crippen LogP contribution >= 0.6 is 0 Å². The summed E-state index contributed by atoms with van der Waals surface area (Å²) in [4.78, 5) is 11.2. The van der Waals surface area contributed by atoms with E-state index in [1.165, 1.54) is 6.20 Å². The molecule has 2 N–H and O–H groups in total. The van der Waals surface area contributed by atoms with Crippen LogP contribution in [0.1, 0.15) is 17.4 Å². The Bertz CT molecular complexity index is 277. The standard InChI is InChI=1S/C8H11N3O/c1-6(2)5-9-8(12)7-3-4-10-11-7/h3-4H,1,5H2,2H3,(H,9,12)(H,10,11). The van der Waals surface area contributed by atoms with Crippen LogP contribution in [0, 0.1) is 0 Å². The molecule has 0 fully saturated rings. The van der Waals surface area contributed by atoms with E-state index in [0.29, 0.717) is 12.2 Å². The lowest BCUT2D eigenvalue weighted by molar-refractivity contribution is 0.0952. The summed E-state index contributed by atoms with van der Waals surface area (Å²) in [5.41, 5.74) is 1.39. The van der Waals surface area contributed by atoms with Gasteiger partial charge in [0.2, 0.25) is 0 Å². The molecular formula is C8H11N3O. The molecule has 0 atom stereocenters. The minimum Gasteiger partial charge on any atom is -0.347 e. The van der Waals surface area contributed by atoms with Crippen LogP contribution in [0.25, 0.3) is 0 Å². The highest BCUT2D eigenvalue weighted by Crippen LogP contribution is 1.91. The van der Waals surface area contributed by atoms with Crippen LogP contribution in [0.5, 0.6) is 0 Å². The second kappa shape index (κ2) is 3.71. The third-order valence-corrected chi connectivity index (χ3v) is 1.30. The molecule has 4 heteroatoms. The van der Waals surface area contributed by atoms with Crippen molar-refractivity contribution in [1.29, 1.82) is 0 Å². The van der Waals surface area contributed by atoms with E-state index < -0.39 is 0 Å². The van der Waals surface area contributed by atoms with Crippen molar-refractivity contribution in [2.75, 3.05) is 6.54 Å². The summed E-state index contributed by atoms with van der Waals surface area (Å²) in [5, 5.41) is 8.91. The van der Waals surface area contributed by atoms with Gasteiger partial charge in [-0.25, -0.2) is 0 Å². The third-order valence-electron chi connectivity index (χ3n) is 1.30. The van der Waals surface area contributed by atoms with Gasteiger partial charge >= 0.3 is 0 Å². The van der Waals surface area contributed by atoms with E-state index in [9.17, 15) is 4.79 Å². The molecule has 0 bridgehead atoms. The van der Waals surface area contributed by atoms with Crippen molar-refractivity contribution in [3.63, 3.8) is 0 Å². The van der Waals surface area contributed by atoms with Crippen molar-refractivity contribution >= 4 is 5.91 Å². The van der Waals surface area contributed by atoms with Gasteiger partial charge in [0.1, 0.15) is 5.69 Å². The average Bonchev–Trinajstić information content (AvgIpc) is 2.51. The van der Waals surface area contributed by atoms with Gasteiger partial charge in [-0.05, 0) is 13.0 Å². The smallest absolute Gasteiger partial charge is 0.269 e. The Morgan fingerprint density at radius 1 is 1.83 bits per heavy atom. The van der Waals surface area contributed by atoms with Crippen LogP contribution in [0.3, 0.4) is 0 Å². The fraction of sp³-hybridized carbons (Fsp3) is 0.250. The van der Waals surface area contributed by atoms with Gasteiger partial charge in [-0.15, -0.1) is 0 Å². The molecule has 0 aliphatic carbocycles. The molecule has 0 spiro atoms. The summed E-state index contributed by atoms with van der Waals surface area (Å²) < 4.78 is 0.